The number of benzene rings is 1. The molecule has 0 aliphatic heterocycles. The fourth-order valence-electron chi connectivity index (χ4n) is 1.69. The van der Waals surface area contributed by atoms with Crippen LogP contribution < -0.4 is 10.6 Å². The summed E-state index contributed by atoms with van der Waals surface area (Å²) in [4.78, 5) is 27.2. The molecule has 20 heavy (non-hydrogen) atoms. The maximum Gasteiger partial charge on any atom is 0.270 e. The van der Waals surface area contributed by atoms with Crippen LogP contribution in [-0.2, 0) is 6.54 Å². The SMILES string of the molecule is CNC(=O)c1ccc(CNC(=O)c2ccccn2)cc1. The van der Waals surface area contributed by atoms with Crippen LogP contribution in [0.25, 0.3) is 0 Å². The third-order valence-electron chi connectivity index (χ3n) is 2.79. The number of nitrogens with one attached hydrogen (secondary N) is 2. The molecule has 1 aromatic heterocycles. The van der Waals surface area contributed by atoms with Gasteiger partial charge in [-0.05, 0) is 29.8 Å². The van der Waals surface area contributed by atoms with Gasteiger partial charge < -0.3 is 10.6 Å². The van der Waals surface area contributed by atoms with Crippen molar-refractivity contribution in [2.24, 2.45) is 0 Å². The number of carbonyl (C=O) groups excluding carboxylic acids is 2. The Morgan fingerprint density at radius 2 is 1.80 bits per heavy atom. The zero-order valence-electron chi connectivity index (χ0n) is 11.1. The second kappa shape index (κ2) is 6.47. The van der Waals surface area contributed by atoms with E-state index in [9.17, 15) is 9.59 Å². The van der Waals surface area contributed by atoms with Gasteiger partial charge in [0.1, 0.15) is 5.69 Å². The second-order valence-corrected chi connectivity index (χ2v) is 4.17. The molecule has 2 amide bonds. The Bertz CT molecular complexity index is 594. The molecule has 2 rings (SSSR count). The first-order valence-corrected chi connectivity index (χ1v) is 6.21. The van der Waals surface area contributed by atoms with E-state index in [1.54, 1.807) is 43.6 Å². The molecule has 0 atom stereocenters. The first kappa shape index (κ1) is 13.7. The van der Waals surface area contributed by atoms with E-state index in [1.807, 2.05) is 12.1 Å². The Balaban J connectivity index is 1.94. The Labute approximate surface area is 117 Å². The van der Waals surface area contributed by atoms with Crippen molar-refractivity contribution in [1.82, 2.24) is 15.6 Å². The number of pyridine rings is 1. The van der Waals surface area contributed by atoms with E-state index in [0.717, 1.165) is 5.56 Å². The van der Waals surface area contributed by atoms with E-state index in [1.165, 1.54) is 0 Å². The van der Waals surface area contributed by atoms with Crippen LogP contribution >= 0.6 is 0 Å². The quantitative estimate of drug-likeness (QED) is 0.880. The molecule has 0 spiro atoms. The molecule has 2 aromatic rings. The van der Waals surface area contributed by atoms with E-state index in [2.05, 4.69) is 15.6 Å². The Morgan fingerprint density at radius 1 is 1.05 bits per heavy atom. The van der Waals surface area contributed by atoms with Gasteiger partial charge in [-0.15, -0.1) is 0 Å². The zero-order chi connectivity index (χ0) is 14.4. The zero-order valence-corrected chi connectivity index (χ0v) is 11.1. The van der Waals surface area contributed by atoms with Gasteiger partial charge in [-0.2, -0.15) is 0 Å². The van der Waals surface area contributed by atoms with Gasteiger partial charge in [0, 0.05) is 25.4 Å². The molecule has 5 heteroatoms. The highest BCUT2D eigenvalue weighted by atomic mass is 16.2. The monoisotopic (exact) mass is 269 g/mol. The molecule has 0 aliphatic carbocycles. The molecule has 5 nitrogen and oxygen atoms in total. The van der Waals surface area contributed by atoms with Crippen molar-refractivity contribution < 1.29 is 9.59 Å². The summed E-state index contributed by atoms with van der Waals surface area (Å²) in [6, 6.07) is 12.2. The highest BCUT2D eigenvalue weighted by Crippen LogP contribution is 2.04. The lowest BCUT2D eigenvalue weighted by Gasteiger charge is -2.06. The maximum atomic E-state index is 11.8. The van der Waals surface area contributed by atoms with Crippen LogP contribution in [0.4, 0.5) is 0 Å². The highest BCUT2D eigenvalue weighted by molar-refractivity contribution is 5.94. The minimum atomic E-state index is -0.221. The van der Waals surface area contributed by atoms with Gasteiger partial charge in [0.2, 0.25) is 0 Å². The van der Waals surface area contributed by atoms with E-state index in [4.69, 9.17) is 0 Å². The third kappa shape index (κ3) is 3.41. The summed E-state index contributed by atoms with van der Waals surface area (Å²) in [5, 5.41) is 5.33. The molecule has 0 unspecified atom stereocenters. The van der Waals surface area contributed by atoms with Crippen molar-refractivity contribution in [3.63, 3.8) is 0 Å². The maximum absolute atomic E-state index is 11.8. The van der Waals surface area contributed by atoms with Crippen molar-refractivity contribution in [3.8, 4) is 0 Å². The number of hydrogen-bond acceptors (Lipinski definition) is 3. The van der Waals surface area contributed by atoms with Gasteiger partial charge in [0.25, 0.3) is 11.8 Å². The number of carbonyl (C=O) groups is 2. The van der Waals surface area contributed by atoms with Gasteiger partial charge in [-0.25, -0.2) is 0 Å². The van der Waals surface area contributed by atoms with E-state index in [0.29, 0.717) is 17.8 Å². The van der Waals surface area contributed by atoms with Crippen LogP contribution in [0.1, 0.15) is 26.4 Å². The molecule has 0 radical (unpaired) electrons. The standard InChI is InChI=1S/C15H15N3O2/c1-16-14(19)12-7-5-11(6-8-12)10-18-15(20)13-4-2-3-9-17-13/h2-9H,10H2,1H3,(H,16,19)(H,18,20). The first-order valence-electron chi connectivity index (χ1n) is 6.21. The lowest BCUT2D eigenvalue weighted by Crippen LogP contribution is -2.23. The molecule has 1 aromatic carbocycles. The number of aromatic nitrogens is 1. The fourth-order valence-corrected chi connectivity index (χ4v) is 1.69. The summed E-state index contributed by atoms with van der Waals surface area (Å²) in [6.45, 7) is 0.392. The van der Waals surface area contributed by atoms with E-state index in [-0.39, 0.29) is 11.8 Å². The number of hydrogen-bond donors (Lipinski definition) is 2. The van der Waals surface area contributed by atoms with Crippen molar-refractivity contribution in [1.29, 1.82) is 0 Å². The summed E-state index contributed by atoms with van der Waals surface area (Å²) in [5.41, 5.74) is 1.89. The van der Waals surface area contributed by atoms with Gasteiger partial charge in [0.05, 0.1) is 0 Å². The van der Waals surface area contributed by atoms with Gasteiger partial charge in [-0.3, -0.25) is 14.6 Å². The predicted molar refractivity (Wildman–Crippen MR) is 75.2 cm³/mol. The predicted octanol–water partition coefficient (Wildman–Crippen LogP) is 1.37. The minimum absolute atomic E-state index is 0.130. The van der Waals surface area contributed by atoms with Crippen LogP contribution in [-0.4, -0.2) is 23.8 Å². The summed E-state index contributed by atoms with van der Waals surface area (Å²) in [5.74, 6) is -0.352. The average Bonchev–Trinajstić information content (AvgIpc) is 2.53. The van der Waals surface area contributed by atoms with Crippen molar-refractivity contribution >= 4 is 11.8 Å². The first-order chi connectivity index (χ1) is 9.70. The molecule has 0 fully saturated rings. The topological polar surface area (TPSA) is 71.1 Å². The van der Waals surface area contributed by atoms with Crippen LogP contribution in [0, 0.1) is 0 Å². The van der Waals surface area contributed by atoms with Gasteiger partial charge in [0.15, 0.2) is 0 Å². The van der Waals surface area contributed by atoms with E-state index < -0.39 is 0 Å². The molecule has 2 N–H and O–H groups in total. The van der Waals surface area contributed by atoms with Crippen LogP contribution in [0.15, 0.2) is 48.7 Å². The average molecular weight is 269 g/mol. The third-order valence-corrected chi connectivity index (χ3v) is 2.79. The Kier molecular flexibility index (Phi) is 4.44. The normalized spacial score (nSPS) is 9.85. The highest BCUT2D eigenvalue weighted by Gasteiger charge is 2.06. The van der Waals surface area contributed by atoms with Crippen molar-refractivity contribution in [3.05, 3.63) is 65.5 Å². The van der Waals surface area contributed by atoms with Gasteiger partial charge >= 0.3 is 0 Å². The van der Waals surface area contributed by atoms with Crippen LogP contribution in [0.2, 0.25) is 0 Å². The number of amides is 2. The Morgan fingerprint density at radius 3 is 2.40 bits per heavy atom. The molecular formula is C15H15N3O2. The minimum Gasteiger partial charge on any atom is -0.355 e. The Hall–Kier alpha value is -2.69. The van der Waals surface area contributed by atoms with Crippen molar-refractivity contribution in [2.45, 2.75) is 6.54 Å². The second-order valence-electron chi connectivity index (χ2n) is 4.17. The summed E-state index contributed by atoms with van der Waals surface area (Å²) >= 11 is 0. The molecule has 102 valence electrons. The summed E-state index contributed by atoms with van der Waals surface area (Å²) in [6.07, 6.45) is 1.58. The van der Waals surface area contributed by atoms with Crippen LogP contribution in [0.3, 0.4) is 0 Å². The smallest absolute Gasteiger partial charge is 0.270 e. The largest absolute Gasteiger partial charge is 0.355 e. The van der Waals surface area contributed by atoms with Crippen molar-refractivity contribution in [2.75, 3.05) is 7.05 Å². The number of rotatable bonds is 4. The summed E-state index contributed by atoms with van der Waals surface area (Å²) in [7, 11) is 1.59. The molecule has 1 heterocycles. The molecule has 0 saturated carbocycles. The molecule has 0 saturated heterocycles. The number of nitrogens with zero attached hydrogens (tertiary/aromatic N) is 1. The molecule has 0 bridgehead atoms. The lowest BCUT2D eigenvalue weighted by molar-refractivity contribution is 0.0942. The summed E-state index contributed by atoms with van der Waals surface area (Å²) < 4.78 is 0. The van der Waals surface area contributed by atoms with Crippen LogP contribution in [0.5, 0.6) is 0 Å². The van der Waals surface area contributed by atoms with E-state index >= 15 is 0 Å². The molecular weight excluding hydrogens is 254 g/mol. The van der Waals surface area contributed by atoms with Gasteiger partial charge in [-0.1, -0.05) is 18.2 Å². The fraction of sp³-hybridized carbons (Fsp3) is 0.133. The molecule has 0 aliphatic rings. The lowest BCUT2D eigenvalue weighted by atomic mass is 10.1.